The third-order valence-corrected chi connectivity index (χ3v) is 3.34. The number of phenolic OH excluding ortho intramolecular Hbond substituents is 1. The van der Waals surface area contributed by atoms with Gasteiger partial charge < -0.3 is 10.1 Å². The number of H-pyrrole nitrogens is 1. The van der Waals surface area contributed by atoms with E-state index in [0.717, 1.165) is 12.3 Å². The molecule has 0 bridgehead atoms. The number of para-hydroxylation sites is 2. The second-order valence-electron chi connectivity index (χ2n) is 4.81. The predicted molar refractivity (Wildman–Crippen MR) is 86.6 cm³/mol. The molecule has 1 aromatic heterocycles. The molecule has 0 aliphatic carbocycles. The van der Waals surface area contributed by atoms with Crippen molar-refractivity contribution in [3.63, 3.8) is 0 Å². The molecule has 0 spiro atoms. The van der Waals surface area contributed by atoms with Gasteiger partial charge in [-0.3, -0.25) is 14.9 Å². The molecule has 3 rings (SSSR count). The number of aromatic nitrogens is 2. The lowest BCUT2D eigenvalue weighted by Crippen LogP contribution is -2.32. The molecule has 0 aliphatic rings. The van der Waals surface area contributed by atoms with E-state index in [1.54, 1.807) is 18.2 Å². The van der Waals surface area contributed by atoms with Crippen molar-refractivity contribution in [2.24, 2.45) is 5.10 Å². The zero-order valence-corrected chi connectivity index (χ0v) is 12.0. The molecular formula is C15H10N4O5. The zero-order valence-electron chi connectivity index (χ0n) is 12.0. The maximum atomic E-state index is 12.3. The molecule has 0 aliphatic heterocycles. The van der Waals surface area contributed by atoms with Gasteiger partial charge in [0.2, 0.25) is 5.75 Å². The van der Waals surface area contributed by atoms with Crippen LogP contribution in [-0.2, 0) is 0 Å². The minimum absolute atomic E-state index is 0.00339. The van der Waals surface area contributed by atoms with Crippen LogP contribution in [0.4, 0.5) is 5.69 Å². The van der Waals surface area contributed by atoms with Gasteiger partial charge in [-0.05, 0) is 18.2 Å². The summed E-state index contributed by atoms with van der Waals surface area (Å²) in [6, 6.07) is 10.3. The first-order chi connectivity index (χ1) is 11.5. The number of nitrogens with zero attached hydrogens (tertiary/aromatic N) is 3. The molecule has 9 heteroatoms. The minimum Gasteiger partial charge on any atom is -0.502 e. The average Bonchev–Trinajstić information content (AvgIpc) is 2.55. The van der Waals surface area contributed by atoms with E-state index in [-0.39, 0.29) is 10.9 Å². The fraction of sp³-hybridized carbons (Fsp3) is 0. The molecule has 2 N–H and O–H groups in total. The van der Waals surface area contributed by atoms with Crippen LogP contribution in [0.15, 0.2) is 57.2 Å². The van der Waals surface area contributed by atoms with E-state index in [2.05, 4.69) is 10.1 Å². The smallest absolute Gasteiger partial charge is 0.349 e. The van der Waals surface area contributed by atoms with Crippen LogP contribution in [0.5, 0.6) is 5.75 Å². The Hall–Kier alpha value is -3.75. The number of nitro benzene ring substituents is 1. The largest absolute Gasteiger partial charge is 0.502 e. The zero-order chi connectivity index (χ0) is 17.3. The van der Waals surface area contributed by atoms with Crippen molar-refractivity contribution in [2.75, 3.05) is 0 Å². The lowest BCUT2D eigenvalue weighted by Gasteiger charge is -2.02. The fourth-order valence-electron chi connectivity index (χ4n) is 2.18. The van der Waals surface area contributed by atoms with Crippen LogP contribution in [-0.4, -0.2) is 25.9 Å². The van der Waals surface area contributed by atoms with Crippen molar-refractivity contribution in [3.8, 4) is 5.75 Å². The first-order valence-electron chi connectivity index (χ1n) is 6.74. The maximum Gasteiger partial charge on any atom is 0.349 e. The maximum absolute atomic E-state index is 12.3. The Balaban J connectivity index is 2.13. The molecule has 24 heavy (non-hydrogen) atoms. The molecule has 9 nitrogen and oxygen atoms in total. The summed E-state index contributed by atoms with van der Waals surface area (Å²) < 4.78 is 0.584. The summed E-state index contributed by atoms with van der Waals surface area (Å²) in [6.07, 6.45) is 1.01. The predicted octanol–water partition coefficient (Wildman–Crippen LogP) is 1.19. The van der Waals surface area contributed by atoms with Gasteiger partial charge in [0.15, 0.2) is 0 Å². The SMILES string of the molecule is O=c1[nH]c2ccccc2c(=O)n1N=Cc1cccc([N+](=O)[O-])c1O. The van der Waals surface area contributed by atoms with E-state index in [9.17, 15) is 24.8 Å². The van der Waals surface area contributed by atoms with Crippen LogP contribution < -0.4 is 11.2 Å². The molecule has 2 aromatic carbocycles. The lowest BCUT2D eigenvalue weighted by molar-refractivity contribution is -0.385. The summed E-state index contributed by atoms with van der Waals surface area (Å²) in [5.74, 6) is -0.600. The number of benzene rings is 2. The molecule has 120 valence electrons. The van der Waals surface area contributed by atoms with Crippen LogP contribution in [0.1, 0.15) is 5.56 Å². The van der Waals surface area contributed by atoms with E-state index < -0.39 is 27.6 Å². The van der Waals surface area contributed by atoms with Crippen LogP contribution >= 0.6 is 0 Å². The van der Waals surface area contributed by atoms with Gasteiger partial charge in [0, 0.05) is 11.6 Å². The molecule has 0 saturated heterocycles. The molecule has 0 fully saturated rings. The summed E-state index contributed by atoms with van der Waals surface area (Å²) in [7, 11) is 0. The van der Waals surface area contributed by atoms with E-state index >= 15 is 0 Å². The Kier molecular flexibility index (Phi) is 3.66. The Morgan fingerprint density at radius 1 is 1.17 bits per heavy atom. The molecule has 0 radical (unpaired) electrons. The second kappa shape index (κ2) is 5.80. The topological polar surface area (TPSA) is 131 Å². The highest BCUT2D eigenvalue weighted by Gasteiger charge is 2.15. The van der Waals surface area contributed by atoms with Crippen molar-refractivity contribution in [1.82, 2.24) is 9.66 Å². The molecular weight excluding hydrogens is 316 g/mol. The van der Waals surface area contributed by atoms with Crippen molar-refractivity contribution in [2.45, 2.75) is 0 Å². The van der Waals surface area contributed by atoms with Crippen molar-refractivity contribution < 1.29 is 10.0 Å². The second-order valence-corrected chi connectivity index (χ2v) is 4.81. The highest BCUT2D eigenvalue weighted by atomic mass is 16.6. The van der Waals surface area contributed by atoms with Crippen LogP contribution in [0.2, 0.25) is 0 Å². The Morgan fingerprint density at radius 2 is 1.92 bits per heavy atom. The first-order valence-corrected chi connectivity index (χ1v) is 6.74. The number of nitrogens with one attached hydrogen (secondary N) is 1. The summed E-state index contributed by atoms with van der Waals surface area (Å²) in [6.45, 7) is 0. The minimum atomic E-state index is -0.764. The van der Waals surface area contributed by atoms with Crippen molar-refractivity contribution in [1.29, 1.82) is 0 Å². The number of rotatable bonds is 3. The Bertz CT molecular complexity index is 1100. The third-order valence-electron chi connectivity index (χ3n) is 3.34. The highest BCUT2D eigenvalue weighted by Crippen LogP contribution is 2.27. The molecule has 0 saturated carbocycles. The van der Waals surface area contributed by atoms with Gasteiger partial charge in [0.25, 0.3) is 5.56 Å². The molecule has 0 atom stereocenters. The summed E-state index contributed by atoms with van der Waals surface area (Å²) in [4.78, 5) is 36.8. The lowest BCUT2D eigenvalue weighted by atomic mass is 10.2. The van der Waals surface area contributed by atoms with Gasteiger partial charge in [-0.2, -0.15) is 5.10 Å². The number of phenols is 1. The first kappa shape index (κ1) is 15.2. The molecule has 0 unspecified atom stereocenters. The third kappa shape index (κ3) is 2.54. The quantitative estimate of drug-likeness (QED) is 0.424. The van der Waals surface area contributed by atoms with Crippen molar-refractivity contribution >= 4 is 22.8 Å². The normalized spacial score (nSPS) is 11.2. The van der Waals surface area contributed by atoms with Gasteiger partial charge >= 0.3 is 11.4 Å². The van der Waals surface area contributed by atoms with E-state index in [4.69, 9.17) is 0 Å². The number of hydrogen-bond donors (Lipinski definition) is 2. The van der Waals surface area contributed by atoms with Gasteiger partial charge in [-0.25, -0.2) is 4.79 Å². The van der Waals surface area contributed by atoms with Gasteiger partial charge in [-0.15, -0.1) is 4.68 Å². The average molecular weight is 326 g/mol. The summed E-state index contributed by atoms with van der Waals surface area (Å²) >= 11 is 0. The van der Waals surface area contributed by atoms with Gasteiger partial charge in [0.1, 0.15) is 0 Å². The number of aromatic amines is 1. The van der Waals surface area contributed by atoms with Crippen LogP contribution in [0.3, 0.4) is 0 Å². The van der Waals surface area contributed by atoms with E-state index in [0.29, 0.717) is 10.2 Å². The van der Waals surface area contributed by atoms with Crippen LogP contribution in [0, 0.1) is 10.1 Å². The standard InChI is InChI=1S/C15H10N4O5/c20-13-9(4-3-7-12(13)19(23)24)8-16-18-14(21)10-5-1-2-6-11(10)17-15(18)22/h1-8,20H,(H,17,22). The summed E-state index contributed by atoms with van der Waals surface area (Å²) in [5.41, 5.74) is -1.53. The molecule has 3 aromatic rings. The fourth-order valence-corrected chi connectivity index (χ4v) is 2.18. The summed E-state index contributed by atoms with van der Waals surface area (Å²) in [5, 5.41) is 24.6. The van der Waals surface area contributed by atoms with E-state index in [1.807, 2.05) is 0 Å². The number of aromatic hydroxyl groups is 1. The Morgan fingerprint density at radius 3 is 2.67 bits per heavy atom. The van der Waals surface area contributed by atoms with E-state index in [1.165, 1.54) is 18.2 Å². The molecule has 1 heterocycles. The number of fused-ring (bicyclic) bond motifs is 1. The van der Waals surface area contributed by atoms with Gasteiger partial charge in [0.05, 0.1) is 22.0 Å². The number of hydrogen-bond acceptors (Lipinski definition) is 6. The van der Waals surface area contributed by atoms with Crippen LogP contribution in [0.25, 0.3) is 10.9 Å². The highest BCUT2D eigenvalue weighted by molar-refractivity contribution is 5.85. The monoisotopic (exact) mass is 326 g/mol. The van der Waals surface area contributed by atoms with Gasteiger partial charge in [-0.1, -0.05) is 18.2 Å². The molecule has 0 amide bonds. The number of nitro groups is 1. The van der Waals surface area contributed by atoms with Crippen molar-refractivity contribution in [3.05, 3.63) is 79.0 Å². The Labute approximate surface area is 133 Å².